The molecule has 0 saturated heterocycles. The van der Waals surface area contributed by atoms with Gasteiger partial charge in [-0.3, -0.25) is 4.79 Å². The maximum atomic E-state index is 12.2. The van der Waals surface area contributed by atoms with Crippen molar-refractivity contribution in [1.82, 2.24) is 10.0 Å². The molecule has 0 fully saturated rings. The fourth-order valence-corrected chi connectivity index (χ4v) is 3.80. The molecule has 0 aliphatic carbocycles. The SMILES string of the molecule is COc1ccccc1CNC(=O)CCc1ccc(S(=O)(=O)NCC(C)C)cc1. The molecule has 2 aromatic rings. The van der Waals surface area contributed by atoms with E-state index in [1.165, 1.54) is 0 Å². The normalized spacial score (nSPS) is 11.4. The summed E-state index contributed by atoms with van der Waals surface area (Å²) < 4.78 is 32.3. The minimum Gasteiger partial charge on any atom is -0.496 e. The number of hydrogen-bond donors (Lipinski definition) is 2. The molecule has 1 amide bonds. The van der Waals surface area contributed by atoms with E-state index in [1.54, 1.807) is 31.4 Å². The van der Waals surface area contributed by atoms with Crippen LogP contribution in [0, 0.1) is 5.92 Å². The quantitative estimate of drug-likeness (QED) is 0.638. The Morgan fingerprint density at radius 1 is 1.07 bits per heavy atom. The Kier molecular flexibility index (Phi) is 8.02. The van der Waals surface area contributed by atoms with Gasteiger partial charge in [-0.1, -0.05) is 44.2 Å². The molecule has 2 aromatic carbocycles. The predicted molar refractivity (Wildman–Crippen MR) is 110 cm³/mol. The summed E-state index contributed by atoms with van der Waals surface area (Å²) in [6, 6.07) is 14.2. The Hall–Kier alpha value is -2.38. The van der Waals surface area contributed by atoms with Crippen LogP contribution in [0.25, 0.3) is 0 Å². The van der Waals surface area contributed by atoms with E-state index in [-0.39, 0.29) is 16.7 Å². The number of benzene rings is 2. The monoisotopic (exact) mass is 404 g/mol. The number of sulfonamides is 1. The summed E-state index contributed by atoms with van der Waals surface area (Å²) in [5.41, 5.74) is 1.83. The van der Waals surface area contributed by atoms with Gasteiger partial charge >= 0.3 is 0 Å². The van der Waals surface area contributed by atoms with Crippen LogP contribution in [0.2, 0.25) is 0 Å². The molecule has 7 heteroatoms. The zero-order chi connectivity index (χ0) is 20.6. The van der Waals surface area contributed by atoms with Gasteiger partial charge in [-0.2, -0.15) is 0 Å². The minimum absolute atomic E-state index is 0.0683. The lowest BCUT2D eigenvalue weighted by Crippen LogP contribution is -2.27. The molecular formula is C21H28N2O4S. The zero-order valence-corrected chi connectivity index (χ0v) is 17.4. The van der Waals surface area contributed by atoms with Crippen molar-refractivity contribution in [2.75, 3.05) is 13.7 Å². The zero-order valence-electron chi connectivity index (χ0n) is 16.6. The molecule has 0 aliphatic rings. The molecule has 0 aliphatic heterocycles. The fraction of sp³-hybridized carbons (Fsp3) is 0.381. The van der Waals surface area contributed by atoms with Crippen LogP contribution in [0.3, 0.4) is 0 Å². The van der Waals surface area contributed by atoms with Gasteiger partial charge < -0.3 is 10.1 Å². The number of rotatable bonds is 10. The first-order valence-electron chi connectivity index (χ1n) is 9.29. The highest BCUT2D eigenvalue weighted by molar-refractivity contribution is 7.89. The van der Waals surface area contributed by atoms with Gasteiger partial charge in [-0.05, 0) is 36.1 Å². The third kappa shape index (κ3) is 6.65. The van der Waals surface area contributed by atoms with E-state index in [1.807, 2.05) is 38.1 Å². The van der Waals surface area contributed by atoms with E-state index < -0.39 is 10.0 Å². The fourth-order valence-electron chi connectivity index (χ4n) is 2.58. The highest BCUT2D eigenvalue weighted by Gasteiger charge is 2.14. The molecule has 0 spiro atoms. The molecule has 0 bridgehead atoms. The van der Waals surface area contributed by atoms with Crippen LogP contribution in [0.15, 0.2) is 53.4 Å². The highest BCUT2D eigenvalue weighted by Crippen LogP contribution is 2.17. The Morgan fingerprint density at radius 3 is 2.39 bits per heavy atom. The van der Waals surface area contributed by atoms with Crippen molar-refractivity contribution in [3.63, 3.8) is 0 Å². The van der Waals surface area contributed by atoms with E-state index in [4.69, 9.17) is 4.74 Å². The Balaban J connectivity index is 1.85. The number of nitrogens with one attached hydrogen (secondary N) is 2. The Labute approximate surface area is 167 Å². The summed E-state index contributed by atoms with van der Waals surface area (Å²) in [6.07, 6.45) is 0.865. The van der Waals surface area contributed by atoms with Crippen molar-refractivity contribution in [1.29, 1.82) is 0 Å². The average molecular weight is 405 g/mol. The lowest BCUT2D eigenvalue weighted by molar-refractivity contribution is -0.121. The first-order valence-corrected chi connectivity index (χ1v) is 10.8. The molecule has 0 atom stereocenters. The summed E-state index contributed by atoms with van der Waals surface area (Å²) in [4.78, 5) is 12.3. The van der Waals surface area contributed by atoms with Crippen molar-refractivity contribution < 1.29 is 17.9 Å². The number of carbonyl (C=O) groups excluding carboxylic acids is 1. The van der Waals surface area contributed by atoms with E-state index >= 15 is 0 Å². The van der Waals surface area contributed by atoms with E-state index in [9.17, 15) is 13.2 Å². The van der Waals surface area contributed by atoms with Gasteiger partial charge in [0.1, 0.15) is 5.75 Å². The Morgan fingerprint density at radius 2 is 1.75 bits per heavy atom. The van der Waals surface area contributed by atoms with Crippen molar-refractivity contribution in [2.24, 2.45) is 5.92 Å². The lowest BCUT2D eigenvalue weighted by atomic mass is 10.1. The van der Waals surface area contributed by atoms with Crippen molar-refractivity contribution in [3.8, 4) is 5.75 Å². The summed E-state index contributed by atoms with van der Waals surface area (Å²) >= 11 is 0. The van der Waals surface area contributed by atoms with Crippen LogP contribution in [0.1, 0.15) is 31.4 Å². The van der Waals surface area contributed by atoms with Crippen LogP contribution in [0.4, 0.5) is 0 Å². The summed E-state index contributed by atoms with van der Waals surface area (Å²) in [6.45, 7) is 4.70. The smallest absolute Gasteiger partial charge is 0.240 e. The van der Waals surface area contributed by atoms with Crippen molar-refractivity contribution in [3.05, 3.63) is 59.7 Å². The number of amides is 1. The summed E-state index contributed by atoms with van der Waals surface area (Å²) in [5, 5.41) is 2.88. The predicted octanol–water partition coefficient (Wildman–Crippen LogP) is 2.88. The first-order chi connectivity index (χ1) is 13.3. The first kappa shape index (κ1) is 21.9. The molecule has 0 radical (unpaired) electrons. The molecule has 0 saturated carbocycles. The summed E-state index contributed by atoms with van der Waals surface area (Å²) in [5.74, 6) is 0.912. The largest absolute Gasteiger partial charge is 0.496 e. The van der Waals surface area contributed by atoms with Gasteiger partial charge in [0, 0.05) is 25.1 Å². The van der Waals surface area contributed by atoms with Crippen molar-refractivity contribution in [2.45, 2.75) is 38.1 Å². The topological polar surface area (TPSA) is 84.5 Å². The minimum atomic E-state index is -3.49. The maximum Gasteiger partial charge on any atom is 0.240 e. The second-order valence-corrected chi connectivity index (χ2v) is 8.75. The van der Waals surface area contributed by atoms with Gasteiger partial charge in [0.15, 0.2) is 0 Å². The standard InChI is InChI=1S/C21H28N2O4S/c1-16(2)14-23-28(25,26)19-11-8-17(9-12-19)10-13-21(24)22-15-18-6-4-5-7-20(18)27-3/h4-9,11-12,16,23H,10,13-15H2,1-3H3,(H,22,24). The van der Waals surface area contributed by atoms with E-state index in [0.717, 1.165) is 16.9 Å². The van der Waals surface area contributed by atoms with Gasteiger partial charge in [0.05, 0.1) is 12.0 Å². The number of para-hydroxylation sites is 1. The van der Waals surface area contributed by atoms with Gasteiger partial charge in [-0.25, -0.2) is 13.1 Å². The Bertz CT molecular complexity index is 878. The number of carbonyl (C=O) groups is 1. The van der Waals surface area contributed by atoms with Gasteiger partial charge in [0.25, 0.3) is 0 Å². The van der Waals surface area contributed by atoms with Crippen LogP contribution < -0.4 is 14.8 Å². The molecule has 152 valence electrons. The molecule has 0 heterocycles. The molecule has 0 aromatic heterocycles. The molecular weight excluding hydrogens is 376 g/mol. The second-order valence-electron chi connectivity index (χ2n) is 6.98. The van der Waals surface area contributed by atoms with E-state index in [0.29, 0.717) is 25.9 Å². The van der Waals surface area contributed by atoms with Crippen LogP contribution in [-0.2, 0) is 27.8 Å². The molecule has 2 N–H and O–H groups in total. The van der Waals surface area contributed by atoms with Crippen LogP contribution >= 0.6 is 0 Å². The van der Waals surface area contributed by atoms with Crippen LogP contribution in [-0.4, -0.2) is 28.0 Å². The number of aryl methyl sites for hydroxylation is 1. The number of methoxy groups -OCH3 is 1. The highest BCUT2D eigenvalue weighted by atomic mass is 32.2. The third-order valence-corrected chi connectivity index (χ3v) is 5.66. The number of hydrogen-bond acceptors (Lipinski definition) is 4. The van der Waals surface area contributed by atoms with Gasteiger partial charge in [-0.15, -0.1) is 0 Å². The number of ether oxygens (including phenoxy) is 1. The lowest BCUT2D eigenvalue weighted by Gasteiger charge is -2.10. The van der Waals surface area contributed by atoms with E-state index in [2.05, 4.69) is 10.0 Å². The average Bonchev–Trinajstić information content (AvgIpc) is 2.69. The third-order valence-electron chi connectivity index (χ3n) is 4.22. The maximum absolute atomic E-state index is 12.2. The molecule has 0 unspecified atom stereocenters. The summed E-state index contributed by atoms with van der Waals surface area (Å²) in [7, 11) is -1.89. The van der Waals surface area contributed by atoms with Crippen molar-refractivity contribution >= 4 is 15.9 Å². The molecule has 28 heavy (non-hydrogen) atoms. The van der Waals surface area contributed by atoms with Gasteiger partial charge in [0.2, 0.25) is 15.9 Å². The van der Waals surface area contributed by atoms with Crippen LogP contribution in [0.5, 0.6) is 5.75 Å². The molecule has 6 nitrogen and oxygen atoms in total. The molecule has 2 rings (SSSR count). The second kappa shape index (κ2) is 10.2.